The Bertz CT molecular complexity index is 680. The van der Waals surface area contributed by atoms with E-state index in [0.717, 1.165) is 47.3 Å². The Morgan fingerprint density at radius 3 is 2.38 bits per heavy atom. The minimum Gasteiger partial charge on any atom is -0.340 e. The van der Waals surface area contributed by atoms with Gasteiger partial charge in [-0.2, -0.15) is 0 Å². The van der Waals surface area contributed by atoms with E-state index < -0.39 is 0 Å². The number of amides is 1. The number of aromatic nitrogens is 1. The smallest absolute Gasteiger partial charge is 0.265 e. The van der Waals surface area contributed by atoms with Gasteiger partial charge in [-0.05, 0) is 54.7 Å². The number of likely N-dealkylation sites (N-methyl/N-ethyl adjacent to an activating group) is 2. The van der Waals surface area contributed by atoms with Crippen molar-refractivity contribution < 1.29 is 4.79 Å². The summed E-state index contributed by atoms with van der Waals surface area (Å²) in [6.45, 7) is 9.86. The number of carbonyl (C=O) groups excluding carboxylic acids is 1. The Hall–Kier alpha value is -0.990. The molecule has 2 rings (SSSR count). The van der Waals surface area contributed by atoms with Crippen LogP contribution in [-0.2, 0) is 0 Å². The quantitative estimate of drug-likeness (QED) is 0.587. The molecule has 1 aromatic carbocycles. The number of thiazole rings is 1. The van der Waals surface area contributed by atoms with Crippen molar-refractivity contribution in [2.45, 2.75) is 20.8 Å². The summed E-state index contributed by atoms with van der Waals surface area (Å²) in [5.74, 6) is 0.0638. The molecule has 0 atom stereocenters. The molecule has 2 aromatic rings. The number of hydrogen-bond acceptors (Lipinski definition) is 4. The Morgan fingerprint density at radius 2 is 1.79 bits per heavy atom. The molecule has 1 heterocycles. The summed E-state index contributed by atoms with van der Waals surface area (Å²) < 4.78 is 1.19. The van der Waals surface area contributed by atoms with E-state index in [1.165, 1.54) is 14.9 Å². The molecule has 1 aromatic heterocycles. The van der Waals surface area contributed by atoms with Crippen molar-refractivity contribution in [2.75, 3.05) is 33.2 Å². The van der Waals surface area contributed by atoms with Crippen molar-refractivity contribution in [3.63, 3.8) is 0 Å². The van der Waals surface area contributed by atoms with Crippen LogP contribution in [0.25, 0.3) is 10.6 Å². The van der Waals surface area contributed by atoms with E-state index >= 15 is 0 Å². The summed E-state index contributed by atoms with van der Waals surface area (Å²) in [5, 5.41) is 0.907. The van der Waals surface area contributed by atoms with Crippen molar-refractivity contribution in [3.05, 3.63) is 38.4 Å². The largest absolute Gasteiger partial charge is 0.340 e. The third kappa shape index (κ3) is 4.77. The lowest BCUT2D eigenvalue weighted by Gasteiger charge is -2.22. The molecule has 6 heteroatoms. The zero-order chi connectivity index (χ0) is 17.7. The van der Waals surface area contributed by atoms with Crippen LogP contribution in [0.15, 0.2) is 24.3 Å². The second kappa shape index (κ2) is 8.92. The van der Waals surface area contributed by atoms with Crippen molar-refractivity contribution >= 4 is 39.8 Å². The summed E-state index contributed by atoms with van der Waals surface area (Å²) in [7, 11) is 1.87. The van der Waals surface area contributed by atoms with Crippen LogP contribution in [0.1, 0.15) is 29.2 Å². The van der Waals surface area contributed by atoms with Gasteiger partial charge in [-0.3, -0.25) is 4.79 Å². The maximum Gasteiger partial charge on any atom is 0.265 e. The highest BCUT2D eigenvalue weighted by molar-refractivity contribution is 14.1. The van der Waals surface area contributed by atoms with Gasteiger partial charge < -0.3 is 9.80 Å². The molecule has 4 nitrogen and oxygen atoms in total. The fourth-order valence-corrected chi connectivity index (χ4v) is 3.84. The lowest BCUT2D eigenvalue weighted by molar-refractivity contribution is 0.0783. The summed E-state index contributed by atoms with van der Waals surface area (Å²) >= 11 is 3.77. The van der Waals surface area contributed by atoms with Crippen LogP contribution in [0, 0.1) is 10.5 Å². The Labute approximate surface area is 162 Å². The molecule has 0 aliphatic rings. The molecule has 0 unspecified atom stereocenters. The van der Waals surface area contributed by atoms with Gasteiger partial charge >= 0.3 is 0 Å². The zero-order valence-electron chi connectivity index (χ0n) is 14.7. The van der Waals surface area contributed by atoms with Gasteiger partial charge in [0.15, 0.2) is 0 Å². The lowest BCUT2D eigenvalue weighted by atomic mass is 10.2. The predicted molar refractivity (Wildman–Crippen MR) is 110 cm³/mol. The van der Waals surface area contributed by atoms with Gasteiger partial charge in [0.1, 0.15) is 9.88 Å². The van der Waals surface area contributed by atoms with Gasteiger partial charge in [0, 0.05) is 29.3 Å². The SMILES string of the molecule is CCN(CC)CCN(C)C(=O)c1sc(-c2ccc(I)cc2)nc1C. The number of hydrogen-bond donors (Lipinski definition) is 0. The number of benzene rings is 1. The van der Waals surface area contributed by atoms with E-state index in [0.29, 0.717) is 0 Å². The molecule has 0 saturated heterocycles. The molecular weight excluding hydrogens is 433 g/mol. The standard InChI is InChI=1S/C18H24IN3OS/c1-5-22(6-2)12-11-21(4)18(23)16-13(3)20-17(24-16)14-7-9-15(19)10-8-14/h7-10H,5-6,11-12H2,1-4H3. The van der Waals surface area contributed by atoms with Crippen molar-refractivity contribution in [1.82, 2.24) is 14.8 Å². The number of carbonyl (C=O) groups is 1. The van der Waals surface area contributed by atoms with Crippen LogP contribution in [0.4, 0.5) is 0 Å². The Kier molecular flexibility index (Phi) is 7.18. The van der Waals surface area contributed by atoms with Crippen LogP contribution < -0.4 is 0 Å². The molecule has 0 saturated carbocycles. The van der Waals surface area contributed by atoms with Gasteiger partial charge in [-0.1, -0.05) is 26.0 Å². The van der Waals surface area contributed by atoms with E-state index in [1.54, 1.807) is 4.90 Å². The molecule has 0 fully saturated rings. The minimum atomic E-state index is 0.0638. The predicted octanol–water partition coefficient (Wildman–Crippen LogP) is 4.14. The molecule has 1 amide bonds. The highest BCUT2D eigenvalue weighted by Gasteiger charge is 2.19. The summed E-state index contributed by atoms with van der Waals surface area (Å²) in [4.78, 5) is 22.2. The molecule has 0 aliphatic carbocycles. The maximum absolute atomic E-state index is 12.7. The van der Waals surface area contributed by atoms with E-state index in [2.05, 4.69) is 70.6 Å². The number of rotatable bonds is 7. The van der Waals surface area contributed by atoms with Crippen LogP contribution in [0.5, 0.6) is 0 Å². The lowest BCUT2D eigenvalue weighted by Crippen LogP contribution is -2.36. The number of nitrogens with zero attached hydrogens (tertiary/aromatic N) is 3. The second-order valence-electron chi connectivity index (χ2n) is 5.69. The number of halogens is 1. The summed E-state index contributed by atoms with van der Waals surface area (Å²) in [5.41, 5.74) is 1.88. The van der Waals surface area contributed by atoms with Gasteiger partial charge in [-0.15, -0.1) is 11.3 Å². The molecule has 0 radical (unpaired) electrons. The zero-order valence-corrected chi connectivity index (χ0v) is 17.6. The van der Waals surface area contributed by atoms with Crippen LogP contribution >= 0.6 is 33.9 Å². The van der Waals surface area contributed by atoms with E-state index in [-0.39, 0.29) is 5.91 Å². The maximum atomic E-state index is 12.7. The fraction of sp³-hybridized carbons (Fsp3) is 0.444. The molecule has 0 spiro atoms. The normalized spacial score (nSPS) is 11.1. The van der Waals surface area contributed by atoms with Crippen molar-refractivity contribution in [2.24, 2.45) is 0 Å². The van der Waals surface area contributed by atoms with Crippen LogP contribution in [0.2, 0.25) is 0 Å². The first-order chi connectivity index (χ1) is 11.5. The van der Waals surface area contributed by atoms with Crippen LogP contribution in [0.3, 0.4) is 0 Å². The number of aryl methyl sites for hydroxylation is 1. The summed E-state index contributed by atoms with van der Waals surface area (Å²) in [6.07, 6.45) is 0. The molecule has 130 valence electrons. The third-order valence-electron chi connectivity index (χ3n) is 4.07. The first-order valence-electron chi connectivity index (χ1n) is 8.17. The van der Waals surface area contributed by atoms with Gasteiger partial charge in [-0.25, -0.2) is 4.98 Å². The Morgan fingerprint density at radius 1 is 1.17 bits per heavy atom. The van der Waals surface area contributed by atoms with Gasteiger partial charge in [0.05, 0.1) is 5.69 Å². The highest BCUT2D eigenvalue weighted by Crippen LogP contribution is 2.29. The second-order valence-corrected chi connectivity index (χ2v) is 7.94. The highest BCUT2D eigenvalue weighted by atomic mass is 127. The third-order valence-corrected chi connectivity index (χ3v) is 5.99. The minimum absolute atomic E-state index is 0.0638. The first-order valence-corrected chi connectivity index (χ1v) is 10.1. The van der Waals surface area contributed by atoms with E-state index in [9.17, 15) is 4.79 Å². The molecule has 24 heavy (non-hydrogen) atoms. The average Bonchev–Trinajstić information content (AvgIpc) is 2.97. The van der Waals surface area contributed by atoms with Crippen molar-refractivity contribution in [3.8, 4) is 10.6 Å². The fourth-order valence-electron chi connectivity index (χ4n) is 2.42. The Balaban J connectivity index is 2.11. The van der Waals surface area contributed by atoms with Crippen molar-refractivity contribution in [1.29, 1.82) is 0 Å². The topological polar surface area (TPSA) is 36.4 Å². The van der Waals surface area contributed by atoms with E-state index in [4.69, 9.17) is 0 Å². The molecular formula is C18H24IN3OS. The first kappa shape index (κ1) is 19.3. The van der Waals surface area contributed by atoms with Gasteiger partial charge in [0.2, 0.25) is 0 Å². The van der Waals surface area contributed by atoms with Gasteiger partial charge in [0.25, 0.3) is 5.91 Å². The van der Waals surface area contributed by atoms with Crippen LogP contribution in [-0.4, -0.2) is 53.9 Å². The summed E-state index contributed by atoms with van der Waals surface area (Å²) in [6, 6.07) is 8.23. The molecule has 0 aliphatic heterocycles. The monoisotopic (exact) mass is 457 g/mol. The molecule has 0 N–H and O–H groups in total. The average molecular weight is 457 g/mol. The molecule has 0 bridgehead atoms. The van der Waals surface area contributed by atoms with E-state index in [1.807, 2.05) is 14.0 Å².